The van der Waals surface area contributed by atoms with Crippen LogP contribution in [0.5, 0.6) is 5.88 Å². The normalized spacial score (nSPS) is 12.6. The number of aromatic nitrogens is 3. The number of hydrogen-bond donors (Lipinski definition) is 1. The Bertz CT molecular complexity index is 1730. The predicted octanol–water partition coefficient (Wildman–Crippen LogP) is 4.59. The Labute approximate surface area is 236 Å². The maximum atomic E-state index is 15.3. The molecule has 0 aliphatic heterocycles. The summed E-state index contributed by atoms with van der Waals surface area (Å²) in [4.78, 5) is 19.0. The molecule has 9 nitrogen and oxygen atoms in total. The molecule has 0 saturated heterocycles. The number of halogens is 2. The second-order valence-corrected chi connectivity index (χ2v) is 11.4. The van der Waals surface area contributed by atoms with E-state index in [-0.39, 0.29) is 41.8 Å². The van der Waals surface area contributed by atoms with Crippen molar-refractivity contribution >= 4 is 9.84 Å². The number of methoxy groups -OCH3 is 1. The highest BCUT2D eigenvalue weighted by Gasteiger charge is 2.33. The number of sulfone groups is 1. The van der Waals surface area contributed by atoms with Gasteiger partial charge < -0.3 is 14.6 Å². The Morgan fingerprint density at radius 1 is 1.05 bits per heavy atom. The van der Waals surface area contributed by atoms with Crippen LogP contribution in [0.2, 0.25) is 0 Å². The van der Waals surface area contributed by atoms with Gasteiger partial charge in [0.15, 0.2) is 4.90 Å². The zero-order chi connectivity index (χ0) is 29.9. The molecule has 0 aliphatic rings. The molecule has 2 aromatic heterocycles. The van der Waals surface area contributed by atoms with E-state index in [0.29, 0.717) is 11.6 Å². The molecule has 0 amide bonds. The molecule has 12 heteroatoms. The highest BCUT2D eigenvalue weighted by Crippen LogP contribution is 2.34. The monoisotopic (exact) mass is 585 g/mol. The number of benzene rings is 2. The molecule has 0 spiro atoms. The molecular weight excluding hydrogens is 556 g/mol. The summed E-state index contributed by atoms with van der Waals surface area (Å²) in [7, 11) is -3.36. The van der Waals surface area contributed by atoms with Crippen molar-refractivity contribution in [2.75, 3.05) is 13.7 Å². The van der Waals surface area contributed by atoms with Gasteiger partial charge in [-0.25, -0.2) is 17.8 Å². The maximum absolute atomic E-state index is 15.3. The number of nitrogens with zero attached hydrogens (tertiary/aromatic N) is 3. The van der Waals surface area contributed by atoms with Crippen molar-refractivity contribution < 1.29 is 31.8 Å². The van der Waals surface area contributed by atoms with Gasteiger partial charge >= 0.3 is 0 Å². The lowest BCUT2D eigenvalue weighted by Gasteiger charge is -2.26. The molecule has 0 bridgehead atoms. The average Bonchev–Trinajstić information content (AvgIpc) is 2.93. The van der Waals surface area contributed by atoms with E-state index in [2.05, 4.69) is 9.97 Å². The minimum Gasteiger partial charge on any atom is -0.493 e. The van der Waals surface area contributed by atoms with E-state index in [9.17, 15) is 22.7 Å². The van der Waals surface area contributed by atoms with Gasteiger partial charge in [-0.3, -0.25) is 9.36 Å². The van der Waals surface area contributed by atoms with Crippen LogP contribution in [0.4, 0.5) is 8.78 Å². The Morgan fingerprint density at radius 3 is 2.39 bits per heavy atom. The molecule has 1 atom stereocenters. The van der Waals surface area contributed by atoms with Gasteiger partial charge in [0.05, 0.1) is 23.6 Å². The van der Waals surface area contributed by atoms with Gasteiger partial charge in [-0.05, 0) is 50.1 Å². The van der Waals surface area contributed by atoms with E-state index >= 15 is 4.39 Å². The van der Waals surface area contributed by atoms with Gasteiger partial charge in [-0.2, -0.15) is 9.37 Å². The minimum atomic E-state index is -4.80. The molecule has 4 aromatic rings. The van der Waals surface area contributed by atoms with Crippen molar-refractivity contribution in [2.24, 2.45) is 0 Å². The Hall–Kier alpha value is -4.00. The SMILES string of the molecule is COCC(c1ccccc1)n1c(COC(C)C)nc(=O)c(S(=O)(=O)c2ccc(-c3ccnc(F)c3C)c(F)c2)c1O. The van der Waals surface area contributed by atoms with Gasteiger partial charge in [-0.15, -0.1) is 0 Å². The first-order valence-electron chi connectivity index (χ1n) is 12.6. The van der Waals surface area contributed by atoms with Crippen molar-refractivity contribution in [3.8, 4) is 17.0 Å². The average molecular weight is 586 g/mol. The van der Waals surface area contributed by atoms with Crippen molar-refractivity contribution in [1.29, 1.82) is 0 Å². The fraction of sp³-hybridized carbons (Fsp3) is 0.276. The molecule has 2 aromatic carbocycles. The molecule has 0 aliphatic carbocycles. The van der Waals surface area contributed by atoms with Crippen molar-refractivity contribution in [3.63, 3.8) is 0 Å². The molecule has 0 saturated carbocycles. The second-order valence-electron chi connectivity index (χ2n) is 9.52. The summed E-state index contributed by atoms with van der Waals surface area (Å²) in [5.41, 5.74) is -0.393. The van der Waals surface area contributed by atoms with E-state index in [1.165, 1.54) is 30.9 Å². The van der Waals surface area contributed by atoms with Gasteiger partial charge in [0.1, 0.15) is 18.2 Å². The lowest BCUT2D eigenvalue weighted by Crippen LogP contribution is -2.29. The molecule has 0 fully saturated rings. The van der Waals surface area contributed by atoms with E-state index < -0.39 is 48.9 Å². The quantitative estimate of drug-likeness (QED) is 0.268. The predicted molar refractivity (Wildman–Crippen MR) is 146 cm³/mol. The van der Waals surface area contributed by atoms with Crippen LogP contribution in [0.15, 0.2) is 75.4 Å². The molecule has 2 heterocycles. The number of aromatic hydroxyl groups is 1. The van der Waals surface area contributed by atoms with Gasteiger partial charge in [-0.1, -0.05) is 36.4 Å². The van der Waals surface area contributed by atoms with Crippen molar-refractivity contribution in [3.05, 3.63) is 99.9 Å². The molecule has 4 rings (SSSR count). The first-order valence-corrected chi connectivity index (χ1v) is 14.1. The number of rotatable bonds is 10. The van der Waals surface area contributed by atoms with Crippen LogP contribution in [0.25, 0.3) is 11.1 Å². The molecular formula is C29H29F2N3O6S. The number of hydrogen-bond acceptors (Lipinski definition) is 8. The third kappa shape index (κ3) is 6.04. The van der Waals surface area contributed by atoms with E-state index in [1.807, 2.05) is 0 Å². The maximum Gasteiger partial charge on any atom is 0.296 e. The van der Waals surface area contributed by atoms with Gasteiger partial charge in [0.2, 0.25) is 21.7 Å². The minimum absolute atomic E-state index is 0.0124. The third-order valence-electron chi connectivity index (χ3n) is 6.45. The van der Waals surface area contributed by atoms with Crippen LogP contribution in [0.3, 0.4) is 0 Å². The summed E-state index contributed by atoms with van der Waals surface area (Å²) in [5, 5.41) is 11.4. The molecule has 0 radical (unpaired) electrons. The summed E-state index contributed by atoms with van der Waals surface area (Å²) in [6, 6.07) is 12.4. The van der Waals surface area contributed by atoms with E-state index in [1.54, 1.807) is 44.2 Å². The van der Waals surface area contributed by atoms with Crippen LogP contribution in [-0.4, -0.2) is 47.9 Å². The smallest absolute Gasteiger partial charge is 0.296 e. The summed E-state index contributed by atoms with van der Waals surface area (Å²) in [6.07, 6.45) is 0.907. The van der Waals surface area contributed by atoms with Gasteiger partial charge in [0.25, 0.3) is 5.56 Å². The topological polar surface area (TPSA) is 121 Å². The largest absolute Gasteiger partial charge is 0.493 e. The molecule has 1 unspecified atom stereocenters. The Morgan fingerprint density at radius 2 is 1.76 bits per heavy atom. The lowest BCUT2D eigenvalue weighted by molar-refractivity contribution is 0.0554. The molecule has 41 heavy (non-hydrogen) atoms. The van der Waals surface area contributed by atoms with E-state index in [4.69, 9.17) is 9.47 Å². The fourth-order valence-corrected chi connectivity index (χ4v) is 5.76. The van der Waals surface area contributed by atoms with Gasteiger partial charge in [0, 0.05) is 24.4 Å². The van der Waals surface area contributed by atoms with Crippen LogP contribution in [-0.2, 0) is 25.9 Å². The summed E-state index contributed by atoms with van der Waals surface area (Å²) in [5.74, 6) is -2.69. The fourth-order valence-electron chi connectivity index (χ4n) is 4.41. The summed E-state index contributed by atoms with van der Waals surface area (Å²) >= 11 is 0. The Balaban J connectivity index is 1.91. The van der Waals surface area contributed by atoms with Crippen LogP contribution < -0.4 is 5.56 Å². The lowest BCUT2D eigenvalue weighted by atomic mass is 10.0. The standard InChI is InChI=1S/C29H29F2N3O6S/c1-17(2)40-16-25-33-28(35)26(29(36)34(25)24(15-39-4)19-8-6-5-7-9-19)41(37,38)20-10-11-22(23(30)14-20)21-12-13-32-27(31)18(21)3/h5-14,17,24,36H,15-16H2,1-4H3. The zero-order valence-electron chi connectivity index (χ0n) is 22.8. The van der Waals surface area contributed by atoms with Crippen molar-refractivity contribution in [2.45, 2.75) is 49.3 Å². The van der Waals surface area contributed by atoms with Crippen molar-refractivity contribution in [1.82, 2.24) is 14.5 Å². The second kappa shape index (κ2) is 12.2. The van der Waals surface area contributed by atoms with Crippen LogP contribution >= 0.6 is 0 Å². The van der Waals surface area contributed by atoms with E-state index in [0.717, 1.165) is 12.1 Å². The highest BCUT2D eigenvalue weighted by atomic mass is 32.2. The molecule has 216 valence electrons. The Kier molecular flexibility index (Phi) is 8.95. The first-order chi connectivity index (χ1) is 19.5. The number of pyridine rings is 1. The van der Waals surface area contributed by atoms with Crippen LogP contribution in [0, 0.1) is 18.7 Å². The molecule has 1 N–H and O–H groups in total. The van der Waals surface area contributed by atoms with Crippen LogP contribution in [0.1, 0.15) is 36.8 Å². The zero-order valence-corrected chi connectivity index (χ0v) is 23.7. The summed E-state index contributed by atoms with van der Waals surface area (Å²) in [6.45, 7) is 4.73. The first kappa shape index (κ1) is 30.0. The summed E-state index contributed by atoms with van der Waals surface area (Å²) < 4.78 is 68.9. The number of ether oxygens (including phenoxy) is 2. The highest BCUT2D eigenvalue weighted by molar-refractivity contribution is 7.91. The third-order valence-corrected chi connectivity index (χ3v) is 8.22.